The van der Waals surface area contributed by atoms with Crippen LogP contribution < -0.4 is 4.90 Å². The van der Waals surface area contributed by atoms with Gasteiger partial charge in [0.05, 0.1) is 11.1 Å². The third-order valence-corrected chi connectivity index (χ3v) is 4.26. The number of amides is 1. The van der Waals surface area contributed by atoms with E-state index in [0.29, 0.717) is 43.1 Å². The van der Waals surface area contributed by atoms with Gasteiger partial charge in [-0.15, -0.1) is 0 Å². The smallest absolute Gasteiger partial charge is 0.407 e. The molecule has 2 aromatic heterocycles. The fraction of sp³-hybridized carbons (Fsp3) is 0.471. The van der Waals surface area contributed by atoms with E-state index in [1.807, 2.05) is 25.7 Å². The van der Waals surface area contributed by atoms with Crippen LogP contribution in [0.5, 0.6) is 0 Å². The van der Waals surface area contributed by atoms with Crippen LogP contribution in [0, 0.1) is 5.95 Å². The van der Waals surface area contributed by atoms with Gasteiger partial charge in [-0.25, -0.2) is 9.48 Å². The minimum Gasteiger partial charge on any atom is -0.465 e. The highest BCUT2D eigenvalue weighted by molar-refractivity contribution is 5.76. The third kappa shape index (κ3) is 3.29. The van der Waals surface area contributed by atoms with Crippen molar-refractivity contribution < 1.29 is 14.3 Å². The van der Waals surface area contributed by atoms with E-state index in [1.165, 1.54) is 9.58 Å². The van der Waals surface area contributed by atoms with Gasteiger partial charge in [0.2, 0.25) is 5.95 Å². The second-order valence-electron chi connectivity index (χ2n) is 7.06. The molecule has 1 saturated heterocycles. The molecule has 1 fully saturated rings. The lowest BCUT2D eigenvalue weighted by atomic mass is 10.1. The normalized spacial score (nSPS) is 15.5. The van der Waals surface area contributed by atoms with E-state index in [9.17, 15) is 4.79 Å². The molecule has 1 aliphatic rings. The Kier molecular flexibility index (Phi) is 4.36. The number of hydrogen-bond donors (Lipinski definition) is 1. The molecule has 0 radical (unpaired) electrons. The van der Waals surface area contributed by atoms with Gasteiger partial charge in [0.15, 0.2) is 5.82 Å². The summed E-state index contributed by atoms with van der Waals surface area (Å²) >= 11 is 0. The maximum atomic E-state index is 15.2. The summed E-state index contributed by atoms with van der Waals surface area (Å²) in [7, 11) is 0. The second-order valence-corrected chi connectivity index (χ2v) is 7.06. The Morgan fingerprint density at radius 3 is 2.28 bits per heavy atom. The number of anilines is 1. The predicted molar refractivity (Wildman–Crippen MR) is 92.2 cm³/mol. The molecule has 25 heavy (non-hydrogen) atoms. The lowest BCUT2D eigenvalue weighted by molar-refractivity contribution is 0.142. The van der Waals surface area contributed by atoms with Crippen molar-refractivity contribution in [2.24, 2.45) is 0 Å². The number of carbonyl (C=O) groups is 1. The lowest BCUT2D eigenvalue weighted by Crippen LogP contribution is -2.48. The van der Waals surface area contributed by atoms with E-state index in [2.05, 4.69) is 10.1 Å². The Hall–Kier alpha value is -2.64. The van der Waals surface area contributed by atoms with Crippen molar-refractivity contribution in [2.75, 3.05) is 31.1 Å². The summed E-state index contributed by atoms with van der Waals surface area (Å²) in [6.45, 7) is 7.38. The number of halogens is 1. The summed E-state index contributed by atoms with van der Waals surface area (Å²) in [5.74, 6) is 0.151. The number of rotatable bonds is 2. The summed E-state index contributed by atoms with van der Waals surface area (Å²) in [6, 6.07) is 3.51. The summed E-state index contributed by atoms with van der Waals surface area (Å²) in [5.41, 5.74) is 0.632. The van der Waals surface area contributed by atoms with Crippen LogP contribution in [0.2, 0.25) is 0 Å². The average molecular weight is 347 g/mol. The largest absolute Gasteiger partial charge is 0.465 e. The first-order valence-electron chi connectivity index (χ1n) is 8.21. The number of aromatic nitrogens is 3. The Labute approximate surface area is 145 Å². The quantitative estimate of drug-likeness (QED) is 0.904. The molecule has 0 bridgehead atoms. The van der Waals surface area contributed by atoms with Crippen LogP contribution in [0.3, 0.4) is 0 Å². The first-order chi connectivity index (χ1) is 11.8. The average Bonchev–Trinajstić information content (AvgIpc) is 2.93. The minimum atomic E-state index is -0.930. The molecule has 0 unspecified atom stereocenters. The summed E-state index contributed by atoms with van der Waals surface area (Å²) in [4.78, 5) is 18.4. The molecule has 0 spiro atoms. The monoisotopic (exact) mass is 347 g/mol. The highest BCUT2D eigenvalue weighted by Gasteiger charge is 2.31. The molecule has 0 saturated carbocycles. The van der Waals surface area contributed by atoms with Crippen LogP contribution in [-0.2, 0) is 5.54 Å². The van der Waals surface area contributed by atoms with Gasteiger partial charge >= 0.3 is 6.09 Å². The zero-order chi connectivity index (χ0) is 18.2. The molecular weight excluding hydrogens is 325 g/mol. The molecule has 8 heteroatoms. The Morgan fingerprint density at radius 2 is 1.76 bits per heavy atom. The van der Waals surface area contributed by atoms with Crippen molar-refractivity contribution in [1.29, 1.82) is 0 Å². The predicted octanol–water partition coefficient (Wildman–Crippen LogP) is 2.64. The van der Waals surface area contributed by atoms with Gasteiger partial charge in [-0.1, -0.05) is 0 Å². The third-order valence-electron chi connectivity index (χ3n) is 4.26. The highest BCUT2D eigenvalue weighted by atomic mass is 19.1. The minimum absolute atomic E-state index is 0.370. The Balaban J connectivity index is 2.03. The molecule has 1 aliphatic heterocycles. The maximum Gasteiger partial charge on any atom is 0.407 e. The number of carboxylic acid groups (broad SMARTS) is 1. The molecule has 0 atom stereocenters. The second kappa shape index (κ2) is 6.34. The molecular formula is C17H22FN5O2. The van der Waals surface area contributed by atoms with Crippen molar-refractivity contribution in [2.45, 2.75) is 26.3 Å². The topological polar surface area (TPSA) is 74.5 Å². The van der Waals surface area contributed by atoms with Crippen molar-refractivity contribution in [3.05, 3.63) is 30.5 Å². The number of hydrogen-bond acceptors (Lipinski definition) is 4. The summed E-state index contributed by atoms with van der Waals surface area (Å²) in [5, 5.41) is 13.6. The standard InChI is InChI=1S/C17H22FN5O2/c1-17(2,3)23-14(18)13(12-4-6-19-7-5-12)15(20-23)21-8-10-22(11-9-21)16(24)25/h4-7H,8-11H2,1-3H3,(H,24,25). The van der Waals surface area contributed by atoms with Gasteiger partial charge in [0.1, 0.15) is 0 Å². The fourth-order valence-corrected chi connectivity index (χ4v) is 2.93. The number of piperazine rings is 1. The van der Waals surface area contributed by atoms with Crippen molar-refractivity contribution in [1.82, 2.24) is 19.7 Å². The van der Waals surface area contributed by atoms with Crippen LogP contribution >= 0.6 is 0 Å². The molecule has 2 aromatic rings. The SMILES string of the molecule is CC(C)(C)n1nc(N2CCN(C(=O)O)CC2)c(-c2ccncc2)c1F. The van der Waals surface area contributed by atoms with E-state index in [0.717, 1.165) is 0 Å². The van der Waals surface area contributed by atoms with Crippen LogP contribution in [0.15, 0.2) is 24.5 Å². The van der Waals surface area contributed by atoms with E-state index in [1.54, 1.807) is 24.5 Å². The molecule has 0 aromatic carbocycles. The van der Waals surface area contributed by atoms with Crippen LogP contribution in [0.4, 0.5) is 15.0 Å². The number of pyridine rings is 1. The molecule has 1 N–H and O–H groups in total. The van der Waals surface area contributed by atoms with Gasteiger partial charge in [-0.05, 0) is 38.5 Å². The van der Waals surface area contributed by atoms with E-state index in [-0.39, 0.29) is 0 Å². The van der Waals surface area contributed by atoms with Crippen LogP contribution in [0.25, 0.3) is 11.1 Å². The summed E-state index contributed by atoms with van der Waals surface area (Å²) < 4.78 is 16.6. The van der Waals surface area contributed by atoms with Crippen LogP contribution in [-0.4, -0.2) is 57.0 Å². The van der Waals surface area contributed by atoms with E-state index in [4.69, 9.17) is 5.11 Å². The van der Waals surface area contributed by atoms with Gasteiger partial charge in [-0.2, -0.15) is 9.49 Å². The van der Waals surface area contributed by atoms with Crippen molar-refractivity contribution >= 4 is 11.9 Å². The first kappa shape index (κ1) is 17.2. The Bertz CT molecular complexity index is 761. The van der Waals surface area contributed by atoms with Crippen molar-refractivity contribution in [3.8, 4) is 11.1 Å². The molecule has 7 nitrogen and oxygen atoms in total. The Morgan fingerprint density at radius 1 is 1.16 bits per heavy atom. The van der Waals surface area contributed by atoms with E-state index >= 15 is 4.39 Å². The molecule has 1 amide bonds. The van der Waals surface area contributed by atoms with Gasteiger partial charge < -0.3 is 14.9 Å². The molecule has 3 rings (SSSR count). The maximum absolute atomic E-state index is 15.2. The summed E-state index contributed by atoms with van der Waals surface area (Å²) in [6.07, 6.45) is 2.31. The van der Waals surface area contributed by atoms with Gasteiger partial charge in [-0.3, -0.25) is 4.98 Å². The van der Waals surface area contributed by atoms with Crippen LogP contribution in [0.1, 0.15) is 20.8 Å². The first-order valence-corrected chi connectivity index (χ1v) is 8.21. The van der Waals surface area contributed by atoms with Crippen molar-refractivity contribution in [3.63, 3.8) is 0 Å². The molecule has 134 valence electrons. The highest BCUT2D eigenvalue weighted by Crippen LogP contribution is 2.35. The molecule has 3 heterocycles. The zero-order valence-corrected chi connectivity index (χ0v) is 14.6. The lowest BCUT2D eigenvalue weighted by Gasteiger charge is -2.33. The van der Waals surface area contributed by atoms with E-state index < -0.39 is 17.6 Å². The number of nitrogens with zero attached hydrogens (tertiary/aromatic N) is 5. The van der Waals surface area contributed by atoms with Gasteiger partial charge in [0, 0.05) is 38.6 Å². The zero-order valence-electron chi connectivity index (χ0n) is 14.6. The molecule has 0 aliphatic carbocycles. The van der Waals surface area contributed by atoms with Gasteiger partial charge in [0.25, 0.3) is 0 Å². The fourth-order valence-electron chi connectivity index (χ4n) is 2.93.